The number of likely N-dealkylation sites (N-methyl/N-ethyl adjacent to an activating group) is 1. The SMILES string of the molecule is CCCN(C)[C@@H]1COC[C@H]1O. The Morgan fingerprint density at radius 1 is 1.55 bits per heavy atom. The van der Waals surface area contributed by atoms with Gasteiger partial charge in [0.15, 0.2) is 0 Å². The molecule has 0 amide bonds. The van der Waals surface area contributed by atoms with Gasteiger partial charge in [-0.1, -0.05) is 6.92 Å². The molecule has 1 aliphatic heterocycles. The summed E-state index contributed by atoms with van der Waals surface area (Å²) in [4.78, 5) is 2.16. The zero-order chi connectivity index (χ0) is 8.27. The van der Waals surface area contributed by atoms with E-state index in [0.717, 1.165) is 13.0 Å². The topological polar surface area (TPSA) is 32.7 Å². The summed E-state index contributed by atoms with van der Waals surface area (Å²) in [7, 11) is 2.03. The van der Waals surface area contributed by atoms with Crippen molar-refractivity contribution < 1.29 is 9.84 Å². The molecule has 11 heavy (non-hydrogen) atoms. The molecule has 0 bridgehead atoms. The number of rotatable bonds is 3. The predicted molar refractivity (Wildman–Crippen MR) is 43.5 cm³/mol. The lowest BCUT2D eigenvalue weighted by molar-refractivity contribution is 0.0956. The zero-order valence-electron chi connectivity index (χ0n) is 7.29. The van der Waals surface area contributed by atoms with E-state index in [1.165, 1.54) is 0 Å². The van der Waals surface area contributed by atoms with Crippen molar-refractivity contribution >= 4 is 0 Å². The number of aliphatic hydroxyl groups is 1. The van der Waals surface area contributed by atoms with Crippen molar-refractivity contribution in [3.63, 3.8) is 0 Å². The molecule has 1 rings (SSSR count). The van der Waals surface area contributed by atoms with Crippen LogP contribution in [0.1, 0.15) is 13.3 Å². The Labute approximate surface area is 68.0 Å². The fourth-order valence-electron chi connectivity index (χ4n) is 1.47. The molecule has 0 radical (unpaired) electrons. The van der Waals surface area contributed by atoms with Gasteiger partial charge in [-0.3, -0.25) is 4.90 Å². The Morgan fingerprint density at radius 3 is 2.73 bits per heavy atom. The zero-order valence-corrected chi connectivity index (χ0v) is 7.29. The average Bonchev–Trinajstić information content (AvgIpc) is 2.36. The molecule has 0 unspecified atom stereocenters. The van der Waals surface area contributed by atoms with Gasteiger partial charge in [-0.15, -0.1) is 0 Å². The molecule has 3 nitrogen and oxygen atoms in total. The van der Waals surface area contributed by atoms with Crippen molar-refractivity contribution in [1.82, 2.24) is 4.90 Å². The van der Waals surface area contributed by atoms with E-state index in [1.807, 2.05) is 7.05 Å². The molecule has 3 heteroatoms. The first-order valence-electron chi connectivity index (χ1n) is 4.21. The van der Waals surface area contributed by atoms with Gasteiger partial charge in [0.25, 0.3) is 0 Å². The summed E-state index contributed by atoms with van der Waals surface area (Å²) < 4.78 is 5.15. The van der Waals surface area contributed by atoms with E-state index in [2.05, 4.69) is 11.8 Å². The van der Waals surface area contributed by atoms with E-state index >= 15 is 0 Å². The van der Waals surface area contributed by atoms with Crippen LogP contribution in [0.25, 0.3) is 0 Å². The minimum atomic E-state index is -0.286. The molecule has 1 saturated heterocycles. The second-order valence-corrected chi connectivity index (χ2v) is 3.15. The highest BCUT2D eigenvalue weighted by Gasteiger charge is 2.28. The summed E-state index contributed by atoms with van der Waals surface area (Å²) in [6, 6.07) is 0.218. The van der Waals surface area contributed by atoms with Gasteiger partial charge in [-0.05, 0) is 20.0 Å². The van der Waals surface area contributed by atoms with Crippen molar-refractivity contribution in [1.29, 1.82) is 0 Å². The highest BCUT2D eigenvalue weighted by molar-refractivity contribution is 4.81. The van der Waals surface area contributed by atoms with Gasteiger partial charge >= 0.3 is 0 Å². The molecular formula is C8H17NO2. The van der Waals surface area contributed by atoms with Crippen molar-refractivity contribution in [2.45, 2.75) is 25.5 Å². The van der Waals surface area contributed by atoms with Crippen LogP contribution in [0.4, 0.5) is 0 Å². The average molecular weight is 159 g/mol. The quantitative estimate of drug-likeness (QED) is 0.633. The third-order valence-electron chi connectivity index (χ3n) is 2.16. The maximum atomic E-state index is 9.42. The van der Waals surface area contributed by atoms with Gasteiger partial charge in [0.2, 0.25) is 0 Å². The van der Waals surface area contributed by atoms with Gasteiger partial charge in [-0.2, -0.15) is 0 Å². The number of hydrogen-bond acceptors (Lipinski definition) is 3. The fourth-order valence-corrected chi connectivity index (χ4v) is 1.47. The molecular weight excluding hydrogens is 142 g/mol. The van der Waals surface area contributed by atoms with Gasteiger partial charge in [0.1, 0.15) is 0 Å². The van der Waals surface area contributed by atoms with Crippen LogP contribution in [0.2, 0.25) is 0 Å². The first-order chi connectivity index (χ1) is 5.25. The normalized spacial score (nSPS) is 31.6. The molecule has 1 fully saturated rings. The van der Waals surface area contributed by atoms with Crippen LogP contribution in [-0.4, -0.2) is 49.0 Å². The highest BCUT2D eigenvalue weighted by atomic mass is 16.5. The second-order valence-electron chi connectivity index (χ2n) is 3.15. The summed E-state index contributed by atoms with van der Waals surface area (Å²) in [5, 5.41) is 9.42. The molecule has 1 aliphatic rings. The summed E-state index contributed by atoms with van der Waals surface area (Å²) in [5.74, 6) is 0. The lowest BCUT2D eigenvalue weighted by Crippen LogP contribution is -2.40. The predicted octanol–water partition coefficient (Wildman–Crippen LogP) is 0.0879. The summed E-state index contributed by atoms with van der Waals surface area (Å²) >= 11 is 0. The van der Waals surface area contributed by atoms with Crippen LogP contribution in [0, 0.1) is 0 Å². The van der Waals surface area contributed by atoms with E-state index in [0.29, 0.717) is 13.2 Å². The van der Waals surface area contributed by atoms with Gasteiger partial charge in [0.05, 0.1) is 25.4 Å². The van der Waals surface area contributed by atoms with E-state index < -0.39 is 0 Å². The number of nitrogens with zero attached hydrogens (tertiary/aromatic N) is 1. The minimum Gasteiger partial charge on any atom is -0.389 e. The van der Waals surface area contributed by atoms with E-state index in [1.54, 1.807) is 0 Å². The van der Waals surface area contributed by atoms with Crippen molar-refractivity contribution in [2.75, 3.05) is 26.8 Å². The molecule has 0 aromatic rings. The van der Waals surface area contributed by atoms with E-state index in [9.17, 15) is 5.11 Å². The van der Waals surface area contributed by atoms with Crippen LogP contribution in [0.3, 0.4) is 0 Å². The van der Waals surface area contributed by atoms with Crippen LogP contribution < -0.4 is 0 Å². The first-order valence-corrected chi connectivity index (χ1v) is 4.21. The second kappa shape index (κ2) is 4.04. The van der Waals surface area contributed by atoms with Crippen molar-refractivity contribution in [2.24, 2.45) is 0 Å². The fraction of sp³-hybridized carbons (Fsp3) is 1.00. The summed E-state index contributed by atoms with van der Waals surface area (Å²) in [6.45, 7) is 4.35. The van der Waals surface area contributed by atoms with Gasteiger partial charge < -0.3 is 9.84 Å². The van der Waals surface area contributed by atoms with E-state index in [4.69, 9.17) is 4.74 Å². The van der Waals surface area contributed by atoms with E-state index in [-0.39, 0.29) is 12.1 Å². The lowest BCUT2D eigenvalue weighted by atomic mass is 10.2. The smallest absolute Gasteiger partial charge is 0.0950 e. The number of aliphatic hydroxyl groups excluding tert-OH is 1. The summed E-state index contributed by atoms with van der Waals surface area (Å²) in [5.41, 5.74) is 0. The Balaban J connectivity index is 2.33. The lowest BCUT2D eigenvalue weighted by Gasteiger charge is -2.24. The summed E-state index contributed by atoms with van der Waals surface area (Å²) in [6.07, 6.45) is 0.839. The van der Waals surface area contributed by atoms with Crippen LogP contribution in [0.5, 0.6) is 0 Å². The molecule has 2 atom stereocenters. The van der Waals surface area contributed by atoms with Crippen LogP contribution >= 0.6 is 0 Å². The number of ether oxygens (including phenoxy) is 1. The number of hydrogen-bond donors (Lipinski definition) is 1. The first kappa shape index (κ1) is 8.97. The largest absolute Gasteiger partial charge is 0.389 e. The maximum Gasteiger partial charge on any atom is 0.0950 e. The molecule has 0 spiro atoms. The Kier molecular flexibility index (Phi) is 3.30. The highest BCUT2D eigenvalue weighted by Crippen LogP contribution is 2.11. The Bertz CT molecular complexity index is 119. The standard InChI is InChI=1S/C8H17NO2/c1-3-4-9(2)7-5-11-6-8(7)10/h7-8,10H,3-6H2,1-2H3/t7-,8-/m1/s1. The molecule has 0 aromatic heterocycles. The molecule has 0 saturated carbocycles. The van der Waals surface area contributed by atoms with Crippen molar-refractivity contribution in [3.05, 3.63) is 0 Å². The maximum absolute atomic E-state index is 9.42. The molecule has 1 heterocycles. The third-order valence-corrected chi connectivity index (χ3v) is 2.16. The molecule has 0 aromatic carbocycles. The molecule has 66 valence electrons. The molecule has 1 N–H and O–H groups in total. The Morgan fingerprint density at radius 2 is 2.27 bits per heavy atom. The minimum absolute atomic E-state index is 0.218. The van der Waals surface area contributed by atoms with Crippen molar-refractivity contribution in [3.8, 4) is 0 Å². The third kappa shape index (κ3) is 2.15. The molecule has 0 aliphatic carbocycles. The van der Waals surface area contributed by atoms with Crippen LogP contribution in [0.15, 0.2) is 0 Å². The Hall–Kier alpha value is -0.120. The van der Waals surface area contributed by atoms with Crippen LogP contribution in [-0.2, 0) is 4.74 Å². The van der Waals surface area contributed by atoms with Gasteiger partial charge in [0, 0.05) is 0 Å². The monoisotopic (exact) mass is 159 g/mol. The van der Waals surface area contributed by atoms with Gasteiger partial charge in [-0.25, -0.2) is 0 Å².